The quantitative estimate of drug-likeness (QED) is 0.746. The Bertz CT molecular complexity index is 365. The van der Waals surface area contributed by atoms with Gasteiger partial charge >= 0.3 is 0 Å². The topological polar surface area (TPSA) is 52.0 Å². The van der Waals surface area contributed by atoms with Crippen LogP contribution in [0.2, 0.25) is 0 Å². The summed E-state index contributed by atoms with van der Waals surface area (Å²) in [5.74, 6) is -3.35. The van der Waals surface area contributed by atoms with E-state index < -0.39 is 23.4 Å². The molecule has 0 aromatic heterocycles. The summed E-state index contributed by atoms with van der Waals surface area (Å²) in [4.78, 5) is 0. The lowest BCUT2D eigenvalue weighted by Gasteiger charge is -2.37. The molecule has 4 N–H and O–H groups in total. The molecule has 2 aliphatic carbocycles. The summed E-state index contributed by atoms with van der Waals surface area (Å²) >= 11 is 0. The second-order valence-corrected chi connectivity index (χ2v) is 4.99. The standard InChI is InChI=1S/C12H17F3N2/c13-9-5-11(15)10(14)4-8(9)7-2-1-6(16)3-12(7)17/h5-8,12H,1-4,16-17H2/t6-,7+,8?,12?/m0/s1. The molecule has 5 heteroatoms. The molecule has 1 saturated carbocycles. The highest BCUT2D eigenvalue weighted by atomic mass is 19.2. The van der Waals surface area contributed by atoms with Crippen molar-refractivity contribution in [3.05, 3.63) is 23.6 Å². The third-order valence-corrected chi connectivity index (χ3v) is 3.79. The highest BCUT2D eigenvalue weighted by Crippen LogP contribution is 2.41. The maximum absolute atomic E-state index is 13.7. The fourth-order valence-corrected chi connectivity index (χ4v) is 2.81. The maximum atomic E-state index is 13.7. The summed E-state index contributed by atoms with van der Waals surface area (Å²) in [6, 6.07) is -0.203. The lowest BCUT2D eigenvalue weighted by Crippen LogP contribution is -2.45. The Morgan fingerprint density at radius 2 is 1.82 bits per heavy atom. The van der Waals surface area contributed by atoms with Gasteiger partial charge in [-0.25, -0.2) is 13.2 Å². The lowest BCUT2D eigenvalue weighted by atomic mass is 9.72. The molecule has 0 saturated heterocycles. The second kappa shape index (κ2) is 4.82. The molecule has 0 bridgehead atoms. The Labute approximate surface area is 98.5 Å². The highest BCUT2D eigenvalue weighted by Gasteiger charge is 2.37. The Morgan fingerprint density at radius 3 is 2.47 bits per heavy atom. The van der Waals surface area contributed by atoms with Gasteiger partial charge in [0.05, 0.1) is 0 Å². The zero-order valence-corrected chi connectivity index (χ0v) is 9.50. The van der Waals surface area contributed by atoms with E-state index in [2.05, 4.69) is 0 Å². The first-order chi connectivity index (χ1) is 7.99. The lowest BCUT2D eigenvalue weighted by molar-refractivity contribution is 0.191. The van der Waals surface area contributed by atoms with E-state index in [1.165, 1.54) is 0 Å². The number of hydrogen-bond donors (Lipinski definition) is 2. The predicted molar refractivity (Wildman–Crippen MR) is 59.8 cm³/mol. The third-order valence-electron chi connectivity index (χ3n) is 3.79. The molecule has 0 spiro atoms. The summed E-state index contributed by atoms with van der Waals surface area (Å²) in [6.45, 7) is 0. The normalized spacial score (nSPS) is 39.2. The Morgan fingerprint density at radius 1 is 1.12 bits per heavy atom. The van der Waals surface area contributed by atoms with Crippen LogP contribution in [0.25, 0.3) is 0 Å². The smallest absolute Gasteiger partial charge is 0.157 e. The average molecular weight is 246 g/mol. The summed E-state index contributed by atoms with van der Waals surface area (Å²) < 4.78 is 39.7. The number of halogens is 3. The van der Waals surface area contributed by atoms with Gasteiger partial charge in [0.15, 0.2) is 5.83 Å². The molecule has 1 fully saturated rings. The molecule has 0 aromatic carbocycles. The van der Waals surface area contributed by atoms with E-state index in [0.717, 1.165) is 6.42 Å². The van der Waals surface area contributed by atoms with Gasteiger partial charge in [0.2, 0.25) is 0 Å². The third kappa shape index (κ3) is 2.55. The van der Waals surface area contributed by atoms with Crippen LogP contribution < -0.4 is 11.5 Å². The van der Waals surface area contributed by atoms with Crippen molar-refractivity contribution in [2.45, 2.75) is 37.8 Å². The zero-order valence-electron chi connectivity index (χ0n) is 9.50. The molecule has 0 heterocycles. The summed E-state index contributed by atoms with van der Waals surface area (Å²) in [6.07, 6.45) is 2.47. The second-order valence-electron chi connectivity index (χ2n) is 4.99. The van der Waals surface area contributed by atoms with Crippen LogP contribution in [0.15, 0.2) is 23.6 Å². The van der Waals surface area contributed by atoms with Gasteiger partial charge in [-0.05, 0) is 25.2 Å². The molecule has 0 amide bonds. The number of rotatable bonds is 1. The van der Waals surface area contributed by atoms with Crippen LogP contribution >= 0.6 is 0 Å². The molecule has 0 aromatic rings. The Kier molecular flexibility index (Phi) is 3.58. The largest absolute Gasteiger partial charge is 0.328 e. The van der Waals surface area contributed by atoms with E-state index in [-0.39, 0.29) is 24.4 Å². The average Bonchev–Trinajstić information content (AvgIpc) is 2.24. The highest BCUT2D eigenvalue weighted by molar-refractivity contribution is 5.26. The van der Waals surface area contributed by atoms with Crippen LogP contribution in [0.1, 0.15) is 25.7 Å². The molecular formula is C12H17F3N2. The first-order valence-corrected chi connectivity index (χ1v) is 5.91. The van der Waals surface area contributed by atoms with Crippen LogP contribution in [-0.4, -0.2) is 12.1 Å². The predicted octanol–water partition coefficient (Wildman–Crippen LogP) is 2.46. The van der Waals surface area contributed by atoms with Gasteiger partial charge in [-0.1, -0.05) is 0 Å². The van der Waals surface area contributed by atoms with Crippen LogP contribution in [0.4, 0.5) is 13.2 Å². The first kappa shape index (κ1) is 12.6. The van der Waals surface area contributed by atoms with Crippen molar-refractivity contribution in [2.24, 2.45) is 23.3 Å². The van der Waals surface area contributed by atoms with Crippen molar-refractivity contribution in [1.82, 2.24) is 0 Å². The van der Waals surface area contributed by atoms with Crippen LogP contribution in [-0.2, 0) is 0 Å². The SMILES string of the molecule is NC1C[C@@H](N)CC[C@@H]1C1CC(F)=C(F)C=C1F. The van der Waals surface area contributed by atoms with Crippen molar-refractivity contribution in [1.29, 1.82) is 0 Å². The maximum Gasteiger partial charge on any atom is 0.157 e. The van der Waals surface area contributed by atoms with Crippen molar-refractivity contribution in [3.63, 3.8) is 0 Å². The van der Waals surface area contributed by atoms with E-state index in [1.54, 1.807) is 0 Å². The number of nitrogens with two attached hydrogens (primary N) is 2. The molecule has 0 radical (unpaired) electrons. The van der Waals surface area contributed by atoms with Crippen molar-refractivity contribution < 1.29 is 13.2 Å². The van der Waals surface area contributed by atoms with E-state index in [1.807, 2.05) is 0 Å². The van der Waals surface area contributed by atoms with E-state index >= 15 is 0 Å². The Balaban J connectivity index is 2.12. The number of hydrogen-bond acceptors (Lipinski definition) is 2. The minimum absolute atomic E-state index is 0.0361. The van der Waals surface area contributed by atoms with Crippen molar-refractivity contribution >= 4 is 0 Å². The molecular weight excluding hydrogens is 229 g/mol. The van der Waals surface area contributed by atoms with E-state index in [9.17, 15) is 13.2 Å². The van der Waals surface area contributed by atoms with E-state index in [4.69, 9.17) is 11.5 Å². The molecule has 2 unspecified atom stereocenters. The molecule has 2 rings (SSSR count). The molecule has 2 aliphatic rings. The molecule has 4 atom stereocenters. The fraction of sp³-hybridized carbons (Fsp3) is 0.667. The van der Waals surface area contributed by atoms with E-state index in [0.29, 0.717) is 18.9 Å². The molecule has 0 aliphatic heterocycles. The molecule has 96 valence electrons. The van der Waals surface area contributed by atoms with Gasteiger partial charge in [-0.3, -0.25) is 0 Å². The van der Waals surface area contributed by atoms with Gasteiger partial charge in [-0.2, -0.15) is 0 Å². The summed E-state index contributed by atoms with van der Waals surface area (Å²) in [5.41, 5.74) is 11.7. The summed E-state index contributed by atoms with van der Waals surface area (Å²) in [7, 11) is 0. The van der Waals surface area contributed by atoms with Gasteiger partial charge in [0, 0.05) is 30.5 Å². The number of allylic oxidation sites excluding steroid dienone is 4. The van der Waals surface area contributed by atoms with Crippen molar-refractivity contribution in [2.75, 3.05) is 0 Å². The Hall–Kier alpha value is -0.810. The summed E-state index contributed by atoms with van der Waals surface area (Å²) in [5, 5.41) is 0. The van der Waals surface area contributed by atoms with Gasteiger partial charge < -0.3 is 11.5 Å². The minimum atomic E-state index is -1.10. The molecule has 17 heavy (non-hydrogen) atoms. The molecule has 2 nitrogen and oxygen atoms in total. The van der Waals surface area contributed by atoms with Gasteiger partial charge in [-0.15, -0.1) is 0 Å². The monoisotopic (exact) mass is 246 g/mol. The van der Waals surface area contributed by atoms with Crippen LogP contribution in [0, 0.1) is 11.8 Å². The fourth-order valence-electron chi connectivity index (χ4n) is 2.81. The van der Waals surface area contributed by atoms with Crippen LogP contribution in [0.5, 0.6) is 0 Å². The zero-order chi connectivity index (χ0) is 12.6. The minimum Gasteiger partial charge on any atom is -0.328 e. The van der Waals surface area contributed by atoms with Gasteiger partial charge in [0.1, 0.15) is 11.7 Å². The van der Waals surface area contributed by atoms with Crippen molar-refractivity contribution in [3.8, 4) is 0 Å². The van der Waals surface area contributed by atoms with Gasteiger partial charge in [0.25, 0.3) is 0 Å². The first-order valence-electron chi connectivity index (χ1n) is 5.91. The van der Waals surface area contributed by atoms with Crippen LogP contribution in [0.3, 0.4) is 0 Å².